The lowest BCUT2D eigenvalue weighted by Gasteiger charge is -1.96. The Balaban J connectivity index is 2.28. The fourth-order valence-corrected chi connectivity index (χ4v) is 1.91. The molecule has 0 bridgehead atoms. The zero-order valence-electron chi connectivity index (χ0n) is 7.71. The van der Waals surface area contributed by atoms with Crippen molar-refractivity contribution in [1.82, 2.24) is 0 Å². The van der Waals surface area contributed by atoms with Crippen LogP contribution in [0.25, 0.3) is 0 Å². The fraction of sp³-hybridized carbons (Fsp3) is 0.364. The first-order valence-corrected chi connectivity index (χ1v) is 4.48. The summed E-state index contributed by atoms with van der Waals surface area (Å²) >= 11 is 0. The van der Waals surface area contributed by atoms with E-state index in [-0.39, 0.29) is 0 Å². The number of carbonyl (C=O) groups is 1. The molecule has 1 aromatic carbocycles. The standard InChI is InChI=1S/C11H10F2O/c1-7(14)9-10(11(9,12)13)8-5-3-2-4-6-8/h2-6,9-10H,1H3/t9-,10-/m1/s1. The third-order valence-corrected chi connectivity index (χ3v) is 2.65. The van der Waals surface area contributed by atoms with Gasteiger partial charge in [-0.1, -0.05) is 30.3 Å². The number of hydrogen-bond donors (Lipinski definition) is 0. The molecule has 0 heterocycles. The highest BCUT2D eigenvalue weighted by atomic mass is 19.3. The van der Waals surface area contributed by atoms with Crippen LogP contribution < -0.4 is 0 Å². The number of benzene rings is 1. The lowest BCUT2D eigenvalue weighted by atomic mass is 10.1. The third-order valence-electron chi connectivity index (χ3n) is 2.65. The van der Waals surface area contributed by atoms with Gasteiger partial charge in [0.25, 0.3) is 5.92 Å². The molecular formula is C11H10F2O. The molecule has 74 valence electrons. The molecule has 2 atom stereocenters. The van der Waals surface area contributed by atoms with Crippen molar-refractivity contribution < 1.29 is 13.6 Å². The van der Waals surface area contributed by atoms with Crippen molar-refractivity contribution in [3.8, 4) is 0 Å². The first kappa shape index (κ1) is 9.31. The van der Waals surface area contributed by atoms with Crippen LogP contribution in [-0.4, -0.2) is 11.7 Å². The molecule has 0 radical (unpaired) electrons. The van der Waals surface area contributed by atoms with E-state index in [2.05, 4.69) is 0 Å². The summed E-state index contributed by atoms with van der Waals surface area (Å²) in [6, 6.07) is 8.47. The Labute approximate surface area is 80.7 Å². The van der Waals surface area contributed by atoms with Gasteiger partial charge in [0.05, 0.1) is 11.8 Å². The Hall–Kier alpha value is -1.25. The van der Waals surface area contributed by atoms with Crippen molar-refractivity contribution in [2.45, 2.75) is 18.8 Å². The van der Waals surface area contributed by atoms with Gasteiger partial charge >= 0.3 is 0 Å². The van der Waals surface area contributed by atoms with Gasteiger partial charge in [-0.2, -0.15) is 0 Å². The molecule has 14 heavy (non-hydrogen) atoms. The van der Waals surface area contributed by atoms with Crippen molar-refractivity contribution in [2.75, 3.05) is 0 Å². The Morgan fingerprint density at radius 2 is 1.86 bits per heavy atom. The van der Waals surface area contributed by atoms with Gasteiger partial charge in [0.15, 0.2) is 0 Å². The zero-order chi connectivity index (χ0) is 10.3. The van der Waals surface area contributed by atoms with Crippen LogP contribution in [0.1, 0.15) is 18.4 Å². The SMILES string of the molecule is CC(=O)[C@@H]1[C@@H](c2ccccc2)C1(F)F. The normalized spacial score (nSPS) is 28.5. The van der Waals surface area contributed by atoms with Crippen LogP contribution in [0.15, 0.2) is 30.3 Å². The second-order valence-corrected chi connectivity index (χ2v) is 3.65. The van der Waals surface area contributed by atoms with Crippen LogP contribution in [0.2, 0.25) is 0 Å². The molecule has 0 aromatic heterocycles. The topological polar surface area (TPSA) is 17.1 Å². The Morgan fingerprint density at radius 1 is 1.29 bits per heavy atom. The smallest absolute Gasteiger partial charge is 0.266 e. The maximum absolute atomic E-state index is 13.2. The number of hydrogen-bond acceptors (Lipinski definition) is 1. The number of halogens is 2. The van der Waals surface area contributed by atoms with Crippen LogP contribution in [0.4, 0.5) is 8.78 Å². The minimum atomic E-state index is -2.84. The van der Waals surface area contributed by atoms with Crippen molar-refractivity contribution in [3.05, 3.63) is 35.9 Å². The van der Waals surface area contributed by atoms with E-state index in [0.29, 0.717) is 5.56 Å². The molecule has 1 nitrogen and oxygen atoms in total. The second-order valence-electron chi connectivity index (χ2n) is 3.65. The fourth-order valence-electron chi connectivity index (χ4n) is 1.91. The summed E-state index contributed by atoms with van der Waals surface area (Å²) in [7, 11) is 0. The highest BCUT2D eigenvalue weighted by molar-refractivity contribution is 5.85. The first-order chi connectivity index (χ1) is 6.55. The molecule has 1 aliphatic carbocycles. The van der Waals surface area contributed by atoms with E-state index in [9.17, 15) is 13.6 Å². The molecule has 0 unspecified atom stereocenters. The van der Waals surface area contributed by atoms with Gasteiger partial charge in [-0.15, -0.1) is 0 Å². The number of Topliss-reactive ketones (excluding diaryl/α,β-unsaturated/α-hetero) is 1. The lowest BCUT2D eigenvalue weighted by molar-refractivity contribution is -0.120. The first-order valence-electron chi connectivity index (χ1n) is 4.48. The highest BCUT2D eigenvalue weighted by Crippen LogP contribution is 2.61. The molecule has 0 saturated heterocycles. The van der Waals surface area contributed by atoms with E-state index in [1.807, 2.05) is 0 Å². The molecule has 1 fully saturated rings. The molecule has 0 aliphatic heterocycles. The van der Waals surface area contributed by atoms with Gasteiger partial charge < -0.3 is 0 Å². The Kier molecular flexibility index (Phi) is 1.91. The molecule has 0 spiro atoms. The van der Waals surface area contributed by atoms with E-state index >= 15 is 0 Å². The van der Waals surface area contributed by atoms with Crippen LogP contribution in [0.5, 0.6) is 0 Å². The molecule has 2 rings (SSSR count). The summed E-state index contributed by atoms with van der Waals surface area (Å²) in [6.07, 6.45) is 0. The zero-order valence-corrected chi connectivity index (χ0v) is 7.71. The maximum Gasteiger partial charge on any atom is 0.266 e. The molecule has 0 amide bonds. The van der Waals surface area contributed by atoms with Crippen LogP contribution in [0, 0.1) is 5.92 Å². The predicted molar refractivity (Wildman–Crippen MR) is 48.3 cm³/mol. The van der Waals surface area contributed by atoms with E-state index in [1.54, 1.807) is 30.3 Å². The van der Waals surface area contributed by atoms with Crippen LogP contribution in [0.3, 0.4) is 0 Å². The van der Waals surface area contributed by atoms with Crippen LogP contribution >= 0.6 is 0 Å². The predicted octanol–water partition coefficient (Wildman–Crippen LogP) is 2.62. The third kappa shape index (κ3) is 1.24. The van der Waals surface area contributed by atoms with Gasteiger partial charge in [0.2, 0.25) is 0 Å². The van der Waals surface area contributed by atoms with E-state index in [1.165, 1.54) is 6.92 Å². The summed E-state index contributed by atoms with van der Waals surface area (Å²) in [5.74, 6) is -5.28. The van der Waals surface area contributed by atoms with Gasteiger partial charge in [-0.25, -0.2) is 8.78 Å². The van der Waals surface area contributed by atoms with Gasteiger partial charge in [-0.3, -0.25) is 4.79 Å². The number of carbonyl (C=O) groups excluding carboxylic acids is 1. The van der Waals surface area contributed by atoms with E-state index < -0.39 is 23.5 Å². The highest BCUT2D eigenvalue weighted by Gasteiger charge is 2.70. The van der Waals surface area contributed by atoms with Crippen molar-refractivity contribution in [1.29, 1.82) is 0 Å². The quantitative estimate of drug-likeness (QED) is 0.710. The average molecular weight is 196 g/mol. The van der Waals surface area contributed by atoms with E-state index in [4.69, 9.17) is 0 Å². The van der Waals surface area contributed by atoms with Crippen LogP contribution in [-0.2, 0) is 4.79 Å². The second kappa shape index (κ2) is 2.87. The summed E-state index contributed by atoms with van der Waals surface area (Å²) in [6.45, 7) is 1.22. The molecular weight excluding hydrogens is 186 g/mol. The summed E-state index contributed by atoms with van der Waals surface area (Å²) in [5.41, 5.74) is 0.553. The molecule has 1 aliphatic rings. The molecule has 3 heteroatoms. The summed E-state index contributed by atoms with van der Waals surface area (Å²) < 4.78 is 26.4. The number of alkyl halides is 2. The molecule has 1 saturated carbocycles. The van der Waals surface area contributed by atoms with Gasteiger partial charge in [0, 0.05) is 0 Å². The summed E-state index contributed by atoms with van der Waals surface area (Å²) in [4.78, 5) is 10.9. The minimum absolute atomic E-state index is 0.427. The van der Waals surface area contributed by atoms with Gasteiger partial charge in [-0.05, 0) is 12.5 Å². The van der Waals surface area contributed by atoms with Crippen molar-refractivity contribution in [3.63, 3.8) is 0 Å². The van der Waals surface area contributed by atoms with Crippen molar-refractivity contribution in [2.24, 2.45) is 5.92 Å². The average Bonchev–Trinajstić information content (AvgIpc) is 2.71. The monoisotopic (exact) mass is 196 g/mol. The minimum Gasteiger partial charge on any atom is -0.299 e. The van der Waals surface area contributed by atoms with Gasteiger partial charge in [0.1, 0.15) is 5.78 Å². The number of rotatable bonds is 2. The van der Waals surface area contributed by atoms with E-state index in [0.717, 1.165) is 0 Å². The largest absolute Gasteiger partial charge is 0.299 e. The Morgan fingerprint density at radius 3 is 2.29 bits per heavy atom. The number of ketones is 1. The molecule has 1 aromatic rings. The Bertz CT molecular complexity index is 359. The van der Waals surface area contributed by atoms with Crippen molar-refractivity contribution >= 4 is 5.78 Å². The molecule has 0 N–H and O–H groups in total. The lowest BCUT2D eigenvalue weighted by Crippen LogP contribution is -2.01. The maximum atomic E-state index is 13.2. The summed E-state index contributed by atoms with van der Waals surface area (Å²) in [5, 5.41) is 0.